The maximum absolute atomic E-state index is 12.1. The van der Waals surface area contributed by atoms with Crippen LogP contribution in [0.3, 0.4) is 0 Å². The average molecular weight is 357 g/mol. The highest BCUT2D eigenvalue weighted by molar-refractivity contribution is 7.09. The minimum absolute atomic E-state index is 0.0231. The quantitative estimate of drug-likeness (QED) is 0.767. The molecule has 0 saturated heterocycles. The number of benzene rings is 1. The highest BCUT2D eigenvalue weighted by Gasteiger charge is 2.21. The summed E-state index contributed by atoms with van der Waals surface area (Å²) in [5.41, 5.74) is 2.48. The minimum atomic E-state index is -0.309. The van der Waals surface area contributed by atoms with Gasteiger partial charge in [-0.2, -0.15) is 0 Å². The average Bonchev–Trinajstić information content (AvgIpc) is 3.14. The lowest BCUT2D eigenvalue weighted by atomic mass is 9.88. The van der Waals surface area contributed by atoms with E-state index in [2.05, 4.69) is 23.5 Å². The second kappa shape index (κ2) is 8.81. The predicted molar refractivity (Wildman–Crippen MR) is 98.5 cm³/mol. The summed E-state index contributed by atoms with van der Waals surface area (Å²) in [6, 6.07) is 12.3. The maximum Gasteiger partial charge on any atom is 0.306 e. The van der Waals surface area contributed by atoms with E-state index in [0.717, 1.165) is 32.1 Å². The van der Waals surface area contributed by atoms with Gasteiger partial charge >= 0.3 is 5.97 Å². The summed E-state index contributed by atoms with van der Waals surface area (Å²) in [7, 11) is 0. The molecule has 0 fully saturated rings. The number of fused-ring (bicyclic) bond motifs is 1. The van der Waals surface area contributed by atoms with Gasteiger partial charge in [-0.15, -0.1) is 11.3 Å². The first-order chi connectivity index (χ1) is 12.2. The smallest absolute Gasteiger partial charge is 0.306 e. The van der Waals surface area contributed by atoms with E-state index in [1.54, 1.807) is 11.3 Å². The van der Waals surface area contributed by atoms with Crippen LogP contribution >= 0.6 is 11.3 Å². The third kappa shape index (κ3) is 5.16. The van der Waals surface area contributed by atoms with E-state index in [0.29, 0.717) is 6.42 Å². The number of rotatable bonds is 7. The van der Waals surface area contributed by atoms with E-state index < -0.39 is 0 Å². The van der Waals surface area contributed by atoms with E-state index >= 15 is 0 Å². The second-order valence-electron chi connectivity index (χ2n) is 6.30. The normalized spacial score (nSPS) is 16.1. The molecule has 4 nitrogen and oxygen atoms in total. The highest BCUT2D eigenvalue weighted by Crippen LogP contribution is 2.29. The fraction of sp³-hybridized carbons (Fsp3) is 0.400. The molecule has 0 spiro atoms. The van der Waals surface area contributed by atoms with E-state index in [1.807, 2.05) is 23.6 Å². The van der Waals surface area contributed by atoms with E-state index in [1.165, 1.54) is 16.0 Å². The molecular formula is C20H23NO3S. The summed E-state index contributed by atoms with van der Waals surface area (Å²) in [4.78, 5) is 25.1. The first-order valence-electron chi connectivity index (χ1n) is 8.77. The number of thiophene rings is 1. The molecule has 1 atom stereocenters. The van der Waals surface area contributed by atoms with Crippen LogP contribution in [0.5, 0.6) is 0 Å². The Kier molecular flexibility index (Phi) is 6.23. The lowest BCUT2D eigenvalue weighted by molar-refractivity contribution is -0.148. The summed E-state index contributed by atoms with van der Waals surface area (Å²) >= 11 is 1.69. The third-order valence-electron chi connectivity index (χ3n) is 4.45. The minimum Gasteiger partial charge on any atom is -0.456 e. The van der Waals surface area contributed by atoms with Gasteiger partial charge in [0, 0.05) is 11.3 Å². The van der Waals surface area contributed by atoms with Crippen molar-refractivity contribution in [3.05, 3.63) is 57.8 Å². The van der Waals surface area contributed by atoms with E-state index in [4.69, 9.17) is 4.74 Å². The fourth-order valence-electron chi connectivity index (χ4n) is 3.22. The van der Waals surface area contributed by atoms with Gasteiger partial charge in [-0.1, -0.05) is 30.3 Å². The predicted octanol–water partition coefficient (Wildman–Crippen LogP) is 3.81. The number of carbonyl (C=O) groups excluding carboxylic acids is 2. The Morgan fingerprint density at radius 2 is 2.08 bits per heavy atom. The molecule has 25 heavy (non-hydrogen) atoms. The summed E-state index contributed by atoms with van der Waals surface area (Å²) in [5, 5.41) is 5.02. The highest BCUT2D eigenvalue weighted by atomic mass is 32.1. The molecule has 1 aliphatic rings. The van der Waals surface area contributed by atoms with Crippen LogP contribution in [-0.2, 0) is 27.2 Å². The van der Waals surface area contributed by atoms with Gasteiger partial charge in [0.2, 0.25) is 0 Å². The van der Waals surface area contributed by atoms with Gasteiger partial charge in [0.1, 0.15) is 0 Å². The van der Waals surface area contributed by atoms with Crippen LogP contribution in [0.25, 0.3) is 0 Å². The van der Waals surface area contributed by atoms with Crippen molar-refractivity contribution >= 4 is 23.2 Å². The Morgan fingerprint density at radius 1 is 1.20 bits per heavy atom. The van der Waals surface area contributed by atoms with Gasteiger partial charge in [-0.25, -0.2) is 0 Å². The van der Waals surface area contributed by atoms with Crippen LogP contribution in [0, 0.1) is 0 Å². The Labute approximate surface area is 152 Å². The molecule has 2 aromatic rings. The SMILES string of the molecule is O=C(COC(=O)CCCc1cccs1)N[C@H]1CCCc2ccccc21. The summed E-state index contributed by atoms with van der Waals surface area (Å²) < 4.78 is 5.11. The van der Waals surface area contributed by atoms with Gasteiger partial charge in [-0.3, -0.25) is 9.59 Å². The summed E-state index contributed by atoms with van der Waals surface area (Å²) in [6.07, 6.45) is 5.01. The zero-order valence-corrected chi connectivity index (χ0v) is 15.0. The van der Waals surface area contributed by atoms with Gasteiger partial charge in [-0.05, 0) is 54.7 Å². The topological polar surface area (TPSA) is 55.4 Å². The molecule has 5 heteroatoms. The van der Waals surface area contributed by atoms with Crippen molar-refractivity contribution in [2.75, 3.05) is 6.61 Å². The van der Waals surface area contributed by atoms with Crippen LogP contribution < -0.4 is 5.32 Å². The van der Waals surface area contributed by atoms with Gasteiger partial charge in [0.15, 0.2) is 6.61 Å². The number of nitrogens with one attached hydrogen (secondary N) is 1. The van der Waals surface area contributed by atoms with Crippen molar-refractivity contribution in [3.8, 4) is 0 Å². The van der Waals surface area contributed by atoms with Crippen molar-refractivity contribution in [1.29, 1.82) is 0 Å². The Bertz CT molecular complexity index is 711. The monoisotopic (exact) mass is 357 g/mol. The second-order valence-corrected chi connectivity index (χ2v) is 7.34. The van der Waals surface area contributed by atoms with Crippen LogP contribution in [0.2, 0.25) is 0 Å². The number of hydrogen-bond donors (Lipinski definition) is 1. The molecule has 1 N–H and O–H groups in total. The van der Waals surface area contributed by atoms with Crippen molar-refractivity contribution in [2.45, 2.75) is 44.6 Å². The standard InChI is InChI=1S/C20H23NO3S/c22-19(14-24-20(23)12-4-8-16-9-5-13-25-16)21-18-11-3-7-15-6-1-2-10-17(15)18/h1-2,5-6,9-10,13,18H,3-4,7-8,11-12,14H2,(H,21,22)/t18-/m0/s1. The fourth-order valence-corrected chi connectivity index (χ4v) is 3.97. The molecule has 0 bridgehead atoms. The maximum atomic E-state index is 12.1. The molecule has 1 aromatic carbocycles. The van der Waals surface area contributed by atoms with Crippen LogP contribution in [-0.4, -0.2) is 18.5 Å². The molecule has 1 heterocycles. The molecule has 0 unspecified atom stereocenters. The number of aryl methyl sites for hydroxylation is 2. The molecule has 3 rings (SSSR count). The van der Waals surface area contributed by atoms with Crippen molar-refractivity contribution < 1.29 is 14.3 Å². The lowest BCUT2D eigenvalue weighted by Crippen LogP contribution is -2.34. The largest absolute Gasteiger partial charge is 0.456 e. The molecule has 0 saturated carbocycles. The zero-order valence-electron chi connectivity index (χ0n) is 14.2. The molecule has 0 aliphatic heterocycles. The molecule has 0 radical (unpaired) electrons. The first kappa shape index (κ1) is 17.7. The molecule has 1 amide bonds. The van der Waals surface area contributed by atoms with Gasteiger partial charge < -0.3 is 10.1 Å². The van der Waals surface area contributed by atoms with Crippen molar-refractivity contribution in [2.24, 2.45) is 0 Å². The number of carbonyl (C=O) groups is 2. The molecule has 1 aliphatic carbocycles. The lowest BCUT2D eigenvalue weighted by Gasteiger charge is -2.26. The Hall–Kier alpha value is -2.14. The number of hydrogen-bond acceptors (Lipinski definition) is 4. The number of ether oxygens (including phenoxy) is 1. The summed E-state index contributed by atoms with van der Waals surface area (Å²) in [5.74, 6) is -0.538. The molecule has 1 aromatic heterocycles. The number of esters is 1. The van der Waals surface area contributed by atoms with Crippen molar-refractivity contribution in [1.82, 2.24) is 5.32 Å². The van der Waals surface area contributed by atoms with Gasteiger partial charge in [0.05, 0.1) is 6.04 Å². The Morgan fingerprint density at radius 3 is 2.92 bits per heavy atom. The van der Waals surface area contributed by atoms with E-state index in [9.17, 15) is 9.59 Å². The van der Waals surface area contributed by atoms with E-state index in [-0.39, 0.29) is 24.5 Å². The first-order valence-corrected chi connectivity index (χ1v) is 9.65. The van der Waals surface area contributed by atoms with Crippen LogP contribution in [0.15, 0.2) is 41.8 Å². The van der Waals surface area contributed by atoms with Crippen LogP contribution in [0.1, 0.15) is 47.7 Å². The zero-order chi connectivity index (χ0) is 17.5. The van der Waals surface area contributed by atoms with Crippen molar-refractivity contribution in [3.63, 3.8) is 0 Å². The molecular weight excluding hydrogens is 334 g/mol. The molecule has 132 valence electrons. The van der Waals surface area contributed by atoms with Crippen LogP contribution in [0.4, 0.5) is 0 Å². The Balaban J connectivity index is 1.39. The summed E-state index contributed by atoms with van der Waals surface area (Å²) in [6.45, 7) is -0.198. The number of amides is 1. The third-order valence-corrected chi connectivity index (χ3v) is 5.39. The van der Waals surface area contributed by atoms with Gasteiger partial charge in [0.25, 0.3) is 5.91 Å².